The Hall–Kier alpha value is -3.22. The van der Waals surface area contributed by atoms with Gasteiger partial charge in [-0.3, -0.25) is 9.78 Å². The number of benzene rings is 1. The summed E-state index contributed by atoms with van der Waals surface area (Å²) in [5, 5.41) is 10.8. The molecule has 2 heterocycles. The summed E-state index contributed by atoms with van der Waals surface area (Å²) in [7, 11) is 1.61. The molecule has 0 fully saturated rings. The molecule has 3 rings (SSSR count). The van der Waals surface area contributed by atoms with E-state index in [4.69, 9.17) is 9.15 Å². The van der Waals surface area contributed by atoms with E-state index in [-0.39, 0.29) is 5.91 Å². The van der Waals surface area contributed by atoms with E-state index in [1.54, 1.807) is 25.4 Å². The minimum Gasteiger partial charge on any atom is -0.497 e. The quantitative estimate of drug-likeness (QED) is 0.747. The van der Waals surface area contributed by atoms with E-state index in [9.17, 15) is 4.79 Å². The summed E-state index contributed by atoms with van der Waals surface area (Å²) < 4.78 is 10.7. The third-order valence-corrected chi connectivity index (χ3v) is 3.35. The Morgan fingerprint density at radius 1 is 1.21 bits per heavy atom. The maximum Gasteiger partial charge on any atom is 0.252 e. The third-order valence-electron chi connectivity index (χ3n) is 3.35. The fraction of sp³-hybridized carbons (Fsp3) is 0.176. The van der Waals surface area contributed by atoms with Crippen molar-refractivity contribution in [2.45, 2.75) is 6.42 Å². The molecule has 0 unspecified atom stereocenters. The van der Waals surface area contributed by atoms with Gasteiger partial charge in [-0.05, 0) is 36.4 Å². The number of amides is 1. The average molecular weight is 324 g/mol. The number of pyridine rings is 1. The Morgan fingerprint density at radius 2 is 2.04 bits per heavy atom. The molecule has 0 spiro atoms. The van der Waals surface area contributed by atoms with Crippen LogP contribution in [0.4, 0.5) is 0 Å². The van der Waals surface area contributed by atoms with Crippen molar-refractivity contribution in [3.63, 3.8) is 0 Å². The van der Waals surface area contributed by atoms with Gasteiger partial charge in [-0.25, -0.2) is 0 Å². The van der Waals surface area contributed by atoms with Crippen molar-refractivity contribution in [1.82, 2.24) is 20.5 Å². The zero-order valence-corrected chi connectivity index (χ0v) is 13.1. The van der Waals surface area contributed by atoms with Crippen molar-refractivity contribution in [3.8, 4) is 17.2 Å². The van der Waals surface area contributed by atoms with Gasteiger partial charge < -0.3 is 14.5 Å². The molecular formula is C17H16N4O3. The van der Waals surface area contributed by atoms with Crippen molar-refractivity contribution in [2.75, 3.05) is 13.7 Å². The van der Waals surface area contributed by atoms with Crippen molar-refractivity contribution < 1.29 is 13.9 Å². The molecule has 122 valence electrons. The second-order valence-corrected chi connectivity index (χ2v) is 4.98. The first-order valence-electron chi connectivity index (χ1n) is 7.41. The Kier molecular flexibility index (Phi) is 4.81. The normalized spacial score (nSPS) is 10.4. The number of nitrogens with one attached hydrogen (secondary N) is 1. The Bertz CT molecular complexity index is 800. The fourth-order valence-corrected chi connectivity index (χ4v) is 2.09. The summed E-state index contributed by atoms with van der Waals surface area (Å²) in [6.45, 7) is 0.401. The van der Waals surface area contributed by atoms with Crippen molar-refractivity contribution in [1.29, 1.82) is 0 Å². The van der Waals surface area contributed by atoms with Crippen LogP contribution >= 0.6 is 0 Å². The van der Waals surface area contributed by atoms with Gasteiger partial charge >= 0.3 is 0 Å². The second kappa shape index (κ2) is 7.36. The third kappa shape index (κ3) is 3.75. The second-order valence-electron chi connectivity index (χ2n) is 4.98. The first-order valence-corrected chi connectivity index (χ1v) is 7.41. The minimum absolute atomic E-state index is 0.182. The molecule has 0 radical (unpaired) electrons. The number of hydrogen-bond acceptors (Lipinski definition) is 6. The lowest BCUT2D eigenvalue weighted by molar-refractivity contribution is 0.0953. The Balaban J connectivity index is 1.55. The van der Waals surface area contributed by atoms with Crippen LogP contribution in [0.5, 0.6) is 5.75 Å². The molecule has 2 aromatic heterocycles. The van der Waals surface area contributed by atoms with Crippen LogP contribution in [0.15, 0.2) is 53.2 Å². The summed E-state index contributed by atoms with van der Waals surface area (Å²) in [6, 6.07) is 10.8. The zero-order chi connectivity index (χ0) is 16.8. The van der Waals surface area contributed by atoms with Gasteiger partial charge in [0, 0.05) is 30.9 Å². The molecule has 1 aromatic carbocycles. The maximum absolute atomic E-state index is 11.9. The van der Waals surface area contributed by atoms with E-state index in [0.29, 0.717) is 30.3 Å². The minimum atomic E-state index is -0.182. The van der Waals surface area contributed by atoms with Crippen LogP contribution in [0.3, 0.4) is 0 Å². The summed E-state index contributed by atoms with van der Waals surface area (Å²) in [5.74, 6) is 1.48. The highest BCUT2D eigenvalue weighted by Gasteiger charge is 2.10. The molecular weight excluding hydrogens is 308 g/mol. The number of aromatic nitrogens is 3. The van der Waals surface area contributed by atoms with E-state index >= 15 is 0 Å². The summed E-state index contributed by atoms with van der Waals surface area (Å²) in [4.78, 5) is 15.8. The fourth-order valence-electron chi connectivity index (χ4n) is 2.09. The molecule has 1 N–H and O–H groups in total. The number of hydrogen-bond donors (Lipinski definition) is 1. The van der Waals surface area contributed by atoms with Crippen LogP contribution < -0.4 is 10.1 Å². The number of methoxy groups -OCH3 is 1. The van der Waals surface area contributed by atoms with Gasteiger partial charge in [-0.15, -0.1) is 10.2 Å². The van der Waals surface area contributed by atoms with Gasteiger partial charge in [-0.1, -0.05) is 0 Å². The number of carbonyl (C=O) groups excluding carboxylic acids is 1. The van der Waals surface area contributed by atoms with E-state index in [2.05, 4.69) is 20.5 Å². The van der Waals surface area contributed by atoms with Crippen LogP contribution in [0.25, 0.3) is 11.5 Å². The molecule has 24 heavy (non-hydrogen) atoms. The highest BCUT2D eigenvalue weighted by atomic mass is 16.5. The lowest BCUT2D eigenvalue weighted by Gasteiger charge is -2.02. The summed E-state index contributed by atoms with van der Waals surface area (Å²) in [5.41, 5.74) is 1.33. The van der Waals surface area contributed by atoms with E-state index < -0.39 is 0 Å². The maximum atomic E-state index is 11.9. The Morgan fingerprint density at radius 3 is 2.75 bits per heavy atom. The average Bonchev–Trinajstić information content (AvgIpc) is 3.11. The predicted octanol–water partition coefficient (Wildman–Crippen LogP) is 2.11. The molecule has 0 saturated carbocycles. The van der Waals surface area contributed by atoms with Crippen LogP contribution in [0.2, 0.25) is 0 Å². The van der Waals surface area contributed by atoms with Gasteiger partial charge in [0.1, 0.15) is 5.75 Å². The van der Waals surface area contributed by atoms with Crippen molar-refractivity contribution >= 4 is 5.91 Å². The number of rotatable bonds is 6. The van der Waals surface area contributed by atoms with Gasteiger partial charge in [0.2, 0.25) is 11.8 Å². The SMILES string of the molecule is COc1ccc(-c2nnc(CCNC(=O)c3cccnc3)o2)cc1. The first kappa shape index (κ1) is 15.7. The largest absolute Gasteiger partial charge is 0.497 e. The number of carbonyl (C=O) groups is 1. The number of nitrogens with zero attached hydrogens (tertiary/aromatic N) is 3. The molecule has 0 atom stereocenters. The standard InChI is InChI=1S/C17H16N4O3/c1-23-14-6-4-12(5-7-14)17-21-20-15(24-17)8-10-19-16(22)13-3-2-9-18-11-13/h2-7,9,11H,8,10H2,1H3,(H,19,22). The molecule has 0 aliphatic carbocycles. The van der Waals surface area contributed by atoms with E-state index in [0.717, 1.165) is 11.3 Å². The zero-order valence-electron chi connectivity index (χ0n) is 13.1. The molecule has 0 saturated heterocycles. The number of ether oxygens (including phenoxy) is 1. The van der Waals surface area contributed by atoms with E-state index in [1.165, 1.54) is 6.20 Å². The lowest BCUT2D eigenvalue weighted by Crippen LogP contribution is -2.25. The van der Waals surface area contributed by atoms with Gasteiger partial charge in [0.05, 0.1) is 12.7 Å². The highest BCUT2D eigenvalue weighted by Crippen LogP contribution is 2.21. The van der Waals surface area contributed by atoms with Gasteiger partial charge in [0.15, 0.2) is 0 Å². The first-order chi connectivity index (χ1) is 11.8. The molecule has 7 heteroatoms. The topological polar surface area (TPSA) is 90.1 Å². The highest BCUT2D eigenvalue weighted by molar-refractivity contribution is 5.93. The lowest BCUT2D eigenvalue weighted by atomic mass is 10.2. The summed E-state index contributed by atoms with van der Waals surface area (Å²) >= 11 is 0. The smallest absolute Gasteiger partial charge is 0.252 e. The monoisotopic (exact) mass is 324 g/mol. The van der Waals surface area contributed by atoms with Gasteiger partial charge in [0.25, 0.3) is 5.91 Å². The molecule has 1 amide bonds. The van der Waals surface area contributed by atoms with Crippen LogP contribution in [-0.4, -0.2) is 34.7 Å². The predicted molar refractivity (Wildman–Crippen MR) is 86.6 cm³/mol. The van der Waals surface area contributed by atoms with E-state index in [1.807, 2.05) is 24.3 Å². The molecule has 7 nitrogen and oxygen atoms in total. The van der Waals surface area contributed by atoms with Crippen LogP contribution in [0, 0.1) is 0 Å². The van der Waals surface area contributed by atoms with Crippen LogP contribution in [-0.2, 0) is 6.42 Å². The molecule has 3 aromatic rings. The van der Waals surface area contributed by atoms with Gasteiger partial charge in [-0.2, -0.15) is 0 Å². The van der Waals surface area contributed by atoms with Crippen molar-refractivity contribution in [3.05, 3.63) is 60.2 Å². The molecule has 0 bridgehead atoms. The summed E-state index contributed by atoms with van der Waals surface area (Å²) in [6.07, 6.45) is 3.59. The van der Waals surface area contributed by atoms with Crippen molar-refractivity contribution in [2.24, 2.45) is 0 Å². The van der Waals surface area contributed by atoms with Crippen LogP contribution in [0.1, 0.15) is 16.2 Å². The Labute approximate surface area is 138 Å². The molecule has 0 aliphatic heterocycles. The molecule has 0 aliphatic rings.